The molecule has 3 aliphatic rings. The fourth-order valence-electron chi connectivity index (χ4n) is 4.30. The van der Waals surface area contributed by atoms with E-state index >= 15 is 0 Å². The molecule has 0 atom stereocenters. The van der Waals surface area contributed by atoms with E-state index in [-0.39, 0.29) is 0 Å². The van der Waals surface area contributed by atoms with E-state index in [0.29, 0.717) is 0 Å². The Labute approximate surface area is 125 Å². The quantitative estimate of drug-likeness (QED) is 0.586. The molecule has 0 bridgehead atoms. The van der Waals surface area contributed by atoms with E-state index in [1.807, 2.05) is 0 Å². The van der Waals surface area contributed by atoms with Crippen molar-refractivity contribution in [2.24, 2.45) is 0 Å². The van der Waals surface area contributed by atoms with Gasteiger partial charge < -0.3 is 0 Å². The molecule has 0 saturated heterocycles. The lowest BCUT2D eigenvalue weighted by Gasteiger charge is -2.07. The second-order valence-corrected chi connectivity index (χ2v) is 6.61. The average Bonchev–Trinajstić information content (AvgIpc) is 3.16. The third kappa shape index (κ3) is 1.40. The minimum absolute atomic E-state index is 1.10. The monoisotopic (exact) mass is 270 g/mol. The summed E-state index contributed by atoms with van der Waals surface area (Å²) in [7, 11) is 0. The molecule has 0 amide bonds. The van der Waals surface area contributed by atoms with Crippen molar-refractivity contribution in [2.45, 2.75) is 33.1 Å². The maximum absolute atomic E-state index is 2.45. The molecule has 0 radical (unpaired) electrons. The molecular weight excluding hydrogens is 252 g/mol. The van der Waals surface area contributed by atoms with Gasteiger partial charge in [-0.15, -0.1) is 0 Å². The zero-order valence-corrected chi connectivity index (χ0v) is 12.6. The molecule has 2 aromatic rings. The minimum atomic E-state index is 1.10. The number of rotatable bonds is 0. The lowest BCUT2D eigenvalue weighted by atomic mass is 9.97. The Kier molecular flexibility index (Phi) is 2.07. The van der Waals surface area contributed by atoms with Gasteiger partial charge in [-0.1, -0.05) is 24.3 Å². The van der Waals surface area contributed by atoms with Crippen LogP contribution in [0.5, 0.6) is 0 Å². The van der Waals surface area contributed by atoms with Crippen molar-refractivity contribution in [1.29, 1.82) is 0 Å². The first-order valence-corrected chi connectivity index (χ1v) is 7.88. The number of fused-ring (bicyclic) bond motifs is 5. The Bertz CT molecular complexity index is 968. The first kappa shape index (κ1) is 11.6. The van der Waals surface area contributed by atoms with E-state index in [9.17, 15) is 0 Å². The van der Waals surface area contributed by atoms with E-state index in [4.69, 9.17) is 0 Å². The van der Waals surface area contributed by atoms with Gasteiger partial charge in [0.15, 0.2) is 0 Å². The zero-order chi connectivity index (χ0) is 14.1. The Balaban J connectivity index is 1.82. The van der Waals surface area contributed by atoms with Gasteiger partial charge in [-0.2, -0.15) is 0 Å². The largest absolute Gasteiger partial charge is 0.0766 e. The minimum Gasteiger partial charge on any atom is -0.0766 e. The highest BCUT2D eigenvalue weighted by Gasteiger charge is 2.24. The summed E-state index contributed by atoms with van der Waals surface area (Å²) in [5.74, 6) is 0. The average molecular weight is 270 g/mol. The second kappa shape index (κ2) is 3.76. The van der Waals surface area contributed by atoms with Crippen LogP contribution in [0.4, 0.5) is 0 Å². The summed E-state index contributed by atoms with van der Waals surface area (Å²) < 4.78 is 0. The van der Waals surface area contributed by atoms with E-state index < -0.39 is 0 Å². The van der Waals surface area contributed by atoms with Gasteiger partial charge in [0.25, 0.3) is 0 Å². The molecule has 2 aromatic carbocycles. The van der Waals surface area contributed by atoms with E-state index in [0.717, 1.165) is 19.3 Å². The smallest absolute Gasteiger partial charge is 0.00104 e. The molecule has 21 heavy (non-hydrogen) atoms. The van der Waals surface area contributed by atoms with Crippen LogP contribution in [-0.2, 0) is 12.8 Å². The van der Waals surface area contributed by atoms with Crippen LogP contribution in [0.25, 0.3) is 28.9 Å². The predicted octanol–water partition coefficient (Wildman–Crippen LogP) is 3.49. The van der Waals surface area contributed by atoms with Crippen molar-refractivity contribution >= 4 is 17.7 Å². The van der Waals surface area contributed by atoms with Crippen molar-refractivity contribution in [3.63, 3.8) is 0 Å². The van der Waals surface area contributed by atoms with Crippen molar-refractivity contribution < 1.29 is 0 Å². The third-order valence-corrected chi connectivity index (χ3v) is 5.49. The Hall–Kier alpha value is -2.08. The van der Waals surface area contributed by atoms with Crippen LogP contribution in [0.15, 0.2) is 24.3 Å². The fraction of sp³-hybridized carbons (Fsp3) is 0.238. The SMILES string of the molecule is CC1=CCc2cc3c(cc21)Cc1c-3cc2c(c1C)=CCC=2. The molecule has 0 aromatic heterocycles. The number of benzene rings is 2. The zero-order valence-electron chi connectivity index (χ0n) is 12.6. The molecule has 0 aliphatic heterocycles. The summed E-state index contributed by atoms with van der Waals surface area (Å²) >= 11 is 0. The van der Waals surface area contributed by atoms with Crippen LogP contribution in [0, 0.1) is 6.92 Å². The number of hydrogen-bond acceptors (Lipinski definition) is 0. The standard InChI is InChI=1S/C21H18/c1-12-6-7-15-8-20-16(10-18(12)15)11-19-13(2)17-5-3-4-14(17)9-21(19)20/h4-6,8-10H,3,7,11H2,1-2H3. The highest BCUT2D eigenvalue weighted by Crippen LogP contribution is 2.41. The number of hydrogen-bond donors (Lipinski definition) is 0. The van der Waals surface area contributed by atoms with Gasteiger partial charge in [0.2, 0.25) is 0 Å². The molecule has 0 N–H and O–H groups in total. The van der Waals surface area contributed by atoms with Crippen LogP contribution < -0.4 is 10.4 Å². The van der Waals surface area contributed by atoms with Crippen molar-refractivity contribution in [1.82, 2.24) is 0 Å². The van der Waals surface area contributed by atoms with Crippen LogP contribution in [0.3, 0.4) is 0 Å². The van der Waals surface area contributed by atoms with Gasteiger partial charge in [-0.3, -0.25) is 0 Å². The molecule has 0 spiro atoms. The van der Waals surface area contributed by atoms with Crippen LogP contribution in [0.1, 0.15) is 41.2 Å². The molecule has 5 rings (SSSR count). The van der Waals surface area contributed by atoms with E-state index in [2.05, 4.69) is 50.3 Å². The predicted molar refractivity (Wildman–Crippen MR) is 89.6 cm³/mol. The van der Waals surface area contributed by atoms with Gasteiger partial charge in [-0.25, -0.2) is 0 Å². The lowest BCUT2D eigenvalue weighted by Crippen LogP contribution is -2.25. The summed E-state index contributed by atoms with van der Waals surface area (Å²) in [6.07, 6.45) is 10.4. The van der Waals surface area contributed by atoms with Gasteiger partial charge in [0.1, 0.15) is 0 Å². The molecule has 0 nitrogen and oxygen atoms in total. The van der Waals surface area contributed by atoms with Crippen molar-refractivity contribution in [2.75, 3.05) is 0 Å². The van der Waals surface area contributed by atoms with Gasteiger partial charge in [0.05, 0.1) is 0 Å². The molecule has 102 valence electrons. The number of allylic oxidation sites excluding steroid dienone is 2. The summed E-state index contributed by atoms with van der Waals surface area (Å²) in [5, 5.41) is 2.92. The Morgan fingerprint density at radius 3 is 2.57 bits per heavy atom. The first-order valence-electron chi connectivity index (χ1n) is 7.88. The van der Waals surface area contributed by atoms with Crippen molar-refractivity contribution in [3.05, 3.63) is 62.5 Å². The molecule has 0 heterocycles. The first-order chi connectivity index (χ1) is 10.2. The summed E-state index contributed by atoms with van der Waals surface area (Å²) in [6.45, 7) is 4.54. The van der Waals surface area contributed by atoms with Gasteiger partial charge >= 0.3 is 0 Å². The molecule has 0 unspecified atom stereocenters. The second-order valence-electron chi connectivity index (χ2n) is 6.61. The molecule has 3 aliphatic carbocycles. The van der Waals surface area contributed by atoms with Crippen LogP contribution in [0.2, 0.25) is 0 Å². The summed E-state index contributed by atoms with van der Waals surface area (Å²) in [4.78, 5) is 0. The van der Waals surface area contributed by atoms with Gasteiger partial charge in [0, 0.05) is 0 Å². The fourth-order valence-corrected chi connectivity index (χ4v) is 4.30. The summed E-state index contributed by atoms with van der Waals surface area (Å²) in [5.41, 5.74) is 12.0. The van der Waals surface area contributed by atoms with Crippen LogP contribution in [-0.4, -0.2) is 0 Å². The highest BCUT2D eigenvalue weighted by molar-refractivity contribution is 5.83. The van der Waals surface area contributed by atoms with E-state index in [1.54, 1.807) is 5.56 Å². The summed E-state index contributed by atoms with van der Waals surface area (Å²) in [6, 6.07) is 7.32. The Morgan fingerprint density at radius 1 is 0.810 bits per heavy atom. The molecular formula is C21H18. The van der Waals surface area contributed by atoms with E-state index in [1.165, 1.54) is 49.4 Å². The topological polar surface area (TPSA) is 0 Å². The molecule has 0 saturated carbocycles. The Morgan fingerprint density at radius 2 is 1.67 bits per heavy atom. The maximum Gasteiger partial charge on any atom is -0.00104 e. The van der Waals surface area contributed by atoms with Gasteiger partial charge in [-0.05, 0) is 100 Å². The molecule has 0 fully saturated rings. The van der Waals surface area contributed by atoms with Crippen LogP contribution >= 0.6 is 0 Å². The lowest BCUT2D eigenvalue weighted by molar-refractivity contribution is 1.19. The highest BCUT2D eigenvalue weighted by atomic mass is 14.3. The van der Waals surface area contributed by atoms with Crippen molar-refractivity contribution in [3.8, 4) is 11.1 Å². The maximum atomic E-state index is 2.45. The normalized spacial score (nSPS) is 16.6. The molecule has 0 heteroatoms. The third-order valence-electron chi connectivity index (χ3n) is 5.49.